The van der Waals surface area contributed by atoms with Crippen molar-refractivity contribution in [3.8, 4) is 17.0 Å². The Labute approximate surface area is 443 Å². The highest BCUT2D eigenvalue weighted by molar-refractivity contribution is 7.90. The van der Waals surface area contributed by atoms with Crippen molar-refractivity contribution in [3.63, 3.8) is 0 Å². The van der Waals surface area contributed by atoms with Gasteiger partial charge in [0, 0.05) is 117 Å². The van der Waals surface area contributed by atoms with Crippen LogP contribution in [-0.4, -0.2) is 138 Å². The minimum atomic E-state index is -4.38. The van der Waals surface area contributed by atoms with Crippen molar-refractivity contribution in [3.05, 3.63) is 131 Å². The van der Waals surface area contributed by atoms with Gasteiger partial charge < -0.3 is 40.2 Å². The molecule has 3 aliphatic heterocycles. The van der Waals surface area contributed by atoms with Gasteiger partial charge in [-0.15, -0.1) is 12.6 Å². The summed E-state index contributed by atoms with van der Waals surface area (Å²) in [5.74, 6) is -4.80. The van der Waals surface area contributed by atoms with E-state index in [1.807, 2.05) is 67.1 Å². The summed E-state index contributed by atoms with van der Waals surface area (Å²) in [6, 6.07) is 19.4. The van der Waals surface area contributed by atoms with Gasteiger partial charge in [0.15, 0.2) is 11.6 Å². The highest BCUT2D eigenvalue weighted by Crippen LogP contribution is 2.34. The normalized spacial score (nSPS) is 19.3. The molecule has 402 valence electrons. The lowest BCUT2D eigenvalue weighted by Gasteiger charge is -2.36. The number of aliphatic hydroxyl groups is 1. The number of benzene rings is 3. The summed E-state index contributed by atoms with van der Waals surface area (Å²) in [6.07, 6.45) is 0.781. The van der Waals surface area contributed by atoms with Crippen molar-refractivity contribution in [2.75, 3.05) is 68.6 Å². The lowest BCUT2D eigenvalue weighted by Crippen LogP contribution is -2.48. The number of ketones is 1. The molecule has 23 heteroatoms. The van der Waals surface area contributed by atoms with E-state index < -0.39 is 69.7 Å². The number of alkyl halides is 1. The molecular weight excluding hydrogens is 1030 g/mol. The molecule has 3 fully saturated rings. The first kappa shape index (κ1) is 53.9. The molecule has 0 unspecified atom stereocenters. The summed E-state index contributed by atoms with van der Waals surface area (Å²) >= 11 is 4.45. The first-order chi connectivity index (χ1) is 36.3. The molecule has 0 radical (unpaired) electrons. The van der Waals surface area contributed by atoms with Gasteiger partial charge in [-0.1, -0.05) is 50.2 Å². The number of likely N-dealkylation sites (tertiary alicyclic amines) is 1. The molecule has 0 aliphatic carbocycles. The number of aromatic nitrogens is 3. The van der Waals surface area contributed by atoms with Crippen molar-refractivity contribution < 1.29 is 50.3 Å². The number of rotatable bonds is 18. The smallest absolute Gasteiger partial charge is 0.301 e. The van der Waals surface area contributed by atoms with Crippen LogP contribution in [0.1, 0.15) is 72.3 Å². The molecule has 6 heterocycles. The maximum absolute atomic E-state index is 15.8. The Morgan fingerprint density at radius 1 is 0.987 bits per heavy atom. The van der Waals surface area contributed by atoms with Gasteiger partial charge in [-0.05, 0) is 71.4 Å². The lowest BCUT2D eigenvalue weighted by atomic mass is 9.91. The number of β-amino-alcohol motifs (C(OH)–C–C–N with tert-alkyl or cyclic N) is 1. The number of amides is 2. The highest BCUT2D eigenvalue weighted by atomic mass is 32.2. The molecule has 18 nitrogen and oxygen atoms in total. The summed E-state index contributed by atoms with van der Waals surface area (Å²) in [5, 5.41) is 17.9. The second kappa shape index (κ2) is 22.7. The van der Waals surface area contributed by atoms with Crippen LogP contribution in [0.5, 0.6) is 5.88 Å². The molecule has 3 aromatic heterocycles. The quantitative estimate of drug-likeness (QED) is 0.0415. The molecule has 0 saturated carbocycles. The zero-order valence-corrected chi connectivity index (χ0v) is 43.7. The van der Waals surface area contributed by atoms with Gasteiger partial charge in [0.2, 0.25) is 17.6 Å². The Morgan fingerprint density at radius 2 is 1.72 bits per heavy atom. The minimum Gasteiger partial charge on any atom is -0.474 e. The topological polar surface area (TPSA) is 233 Å². The Bertz CT molecular complexity index is 3250. The fraction of sp³-hybridized carbons (Fsp3) is 0.377. The number of H-pyrrole nitrogens is 1. The third-order valence-corrected chi connectivity index (χ3v) is 16.1. The van der Waals surface area contributed by atoms with Crippen molar-refractivity contribution >= 4 is 67.7 Å². The van der Waals surface area contributed by atoms with Crippen molar-refractivity contribution in [1.82, 2.24) is 34.5 Å². The van der Waals surface area contributed by atoms with Crippen LogP contribution in [0.2, 0.25) is 0 Å². The average molecular weight is 1090 g/mol. The number of halogens is 3. The van der Waals surface area contributed by atoms with E-state index >= 15 is 8.78 Å². The first-order valence-corrected chi connectivity index (χ1v) is 26.8. The van der Waals surface area contributed by atoms with E-state index in [0.717, 1.165) is 65.0 Å². The predicted molar refractivity (Wildman–Crippen MR) is 283 cm³/mol. The summed E-state index contributed by atoms with van der Waals surface area (Å²) in [6.45, 7) is 9.16. The second-order valence-electron chi connectivity index (χ2n) is 19.6. The van der Waals surface area contributed by atoms with Crippen LogP contribution in [-0.2, 0) is 26.3 Å². The number of allylic oxidation sites excluding steroid dienone is 1. The van der Waals surface area contributed by atoms with Crippen LogP contribution in [0.25, 0.3) is 27.1 Å². The van der Waals surface area contributed by atoms with Crippen LogP contribution < -0.4 is 25.4 Å². The number of thiol groups is 1. The second-order valence-corrected chi connectivity index (χ2v) is 21.8. The summed E-state index contributed by atoms with van der Waals surface area (Å²) in [7, 11) is -4.38. The van der Waals surface area contributed by atoms with Crippen LogP contribution in [0.4, 0.5) is 24.5 Å². The predicted octanol–water partition coefficient (Wildman–Crippen LogP) is 6.22. The molecule has 9 rings (SSSR count). The van der Waals surface area contributed by atoms with Crippen molar-refractivity contribution in [2.24, 2.45) is 11.7 Å². The largest absolute Gasteiger partial charge is 0.474 e. The van der Waals surface area contributed by atoms with Crippen molar-refractivity contribution in [2.45, 2.75) is 64.4 Å². The van der Waals surface area contributed by atoms with E-state index in [0.29, 0.717) is 46.1 Å². The minimum absolute atomic E-state index is 0.00751. The molecule has 6 aromatic rings. The number of aliphatic hydroxyl groups excluding tert-OH is 1. The van der Waals surface area contributed by atoms with Crippen LogP contribution in [0.15, 0.2) is 95.4 Å². The zero-order chi connectivity index (χ0) is 54.0. The van der Waals surface area contributed by atoms with Gasteiger partial charge in [-0.25, -0.2) is 18.2 Å². The maximum Gasteiger partial charge on any atom is 0.301 e. The SMILES string of the molecule is C/C(N)=C(/S)c1ccc(CNC(=O)[C@@H]2C[C@@H](O)CN2C(=O)[C@H](c2cc(OCCN3CCN(c4ccc(-c5cnc6[nH]cc(C(=O)c7c(F)ccc(NS(=O)(=O)N8CC[C@@H](F)C8)c7F)c6c5)cc4)CC3)no2)C(C)C)cc1. The number of ether oxygens (including phenoxy) is 1. The van der Waals surface area contributed by atoms with Crippen LogP contribution in [0.3, 0.4) is 0 Å². The number of hydrogen-bond donors (Lipinski definition) is 6. The molecule has 2 amide bonds. The lowest BCUT2D eigenvalue weighted by molar-refractivity contribution is -0.141. The zero-order valence-electron chi connectivity index (χ0n) is 42.0. The van der Waals surface area contributed by atoms with E-state index in [1.165, 1.54) is 11.1 Å². The Hall–Kier alpha value is -6.92. The van der Waals surface area contributed by atoms with Crippen LogP contribution in [0, 0.1) is 17.6 Å². The number of pyridine rings is 1. The number of nitrogens with zero attached hydrogens (tertiary/aromatic N) is 6. The summed E-state index contributed by atoms with van der Waals surface area (Å²) in [5.41, 5.74) is 9.20. The molecule has 4 atom stereocenters. The molecule has 0 bridgehead atoms. The number of nitrogens with one attached hydrogen (secondary N) is 3. The number of nitrogens with two attached hydrogens (primary N) is 1. The first-order valence-electron chi connectivity index (χ1n) is 24.9. The third kappa shape index (κ3) is 11.7. The number of carbonyl (C=O) groups is 3. The fourth-order valence-corrected chi connectivity index (χ4v) is 11.2. The number of aromatic amines is 1. The van der Waals surface area contributed by atoms with E-state index in [9.17, 15) is 32.3 Å². The third-order valence-electron chi connectivity index (χ3n) is 14.0. The molecule has 3 aliphatic rings. The number of hydrogen-bond acceptors (Lipinski definition) is 14. The molecule has 0 spiro atoms. The number of piperazine rings is 1. The van der Waals surface area contributed by atoms with Gasteiger partial charge in [-0.2, -0.15) is 12.7 Å². The number of fused-ring (bicyclic) bond motifs is 1. The molecular formula is C53H59F3N10O8S2. The Morgan fingerprint density at radius 3 is 2.41 bits per heavy atom. The monoisotopic (exact) mass is 1080 g/mol. The van der Waals surface area contributed by atoms with E-state index in [2.05, 4.69) is 42.9 Å². The van der Waals surface area contributed by atoms with Gasteiger partial charge in [0.25, 0.3) is 5.88 Å². The molecule has 3 saturated heterocycles. The summed E-state index contributed by atoms with van der Waals surface area (Å²) in [4.78, 5) is 55.3. The summed E-state index contributed by atoms with van der Waals surface area (Å²) < 4.78 is 84.9. The standard InChI is InChI=1S/C53H59F3N10O8S2/c1-30(2)46(53(70)66-29-38(67)23-43(66)52(69)60-25-32-4-6-34(7-5-32)50(75)31(3)57)44-24-45(61-74-44)73-21-20-63-16-18-64(19-17-63)37-10-8-33(9-11-37)35-22-39-40(27-59-51(39)58-26-35)49(68)47-41(55)12-13-42(48(47)56)62-76(71,72)65-15-14-36(54)28-65/h4-13,22,24,26-27,30,36,38,43,46,62,67,75H,14-21,23,25,28-29,57H2,1-3H3,(H,58,59)(H,60,69)/b50-31-/t36-,38-,43+,46+/m1/s1. The van der Waals surface area contributed by atoms with E-state index in [-0.39, 0.29) is 61.7 Å². The van der Waals surface area contributed by atoms with Gasteiger partial charge in [-0.3, -0.25) is 24.0 Å². The highest BCUT2D eigenvalue weighted by Gasteiger charge is 2.43. The van der Waals surface area contributed by atoms with E-state index in [1.54, 1.807) is 25.3 Å². The van der Waals surface area contributed by atoms with Crippen molar-refractivity contribution in [1.29, 1.82) is 0 Å². The number of anilines is 2. The number of carbonyl (C=O) groups excluding carboxylic acids is 3. The van der Waals surface area contributed by atoms with E-state index in [4.69, 9.17) is 15.0 Å². The van der Waals surface area contributed by atoms with Gasteiger partial charge >= 0.3 is 10.2 Å². The molecule has 76 heavy (non-hydrogen) atoms. The fourth-order valence-electron chi connectivity index (χ4n) is 9.83. The van der Waals surface area contributed by atoms with Crippen LogP contribution >= 0.6 is 12.6 Å². The Balaban J connectivity index is 0.763. The van der Waals surface area contributed by atoms with Gasteiger partial charge in [0.05, 0.1) is 17.4 Å². The Kier molecular flexibility index (Phi) is 16.1. The maximum atomic E-state index is 15.8. The molecule has 3 aromatic carbocycles. The average Bonchev–Trinajstić information content (AvgIpc) is 4.25. The molecule has 6 N–H and O–H groups in total. The van der Waals surface area contributed by atoms with Gasteiger partial charge in [0.1, 0.15) is 36.2 Å².